The molecule has 0 heterocycles. The summed E-state index contributed by atoms with van der Waals surface area (Å²) in [5, 5.41) is 0. The molecule has 0 saturated heterocycles. The average molecular weight is 857 g/mol. The summed E-state index contributed by atoms with van der Waals surface area (Å²) in [7, 11) is 0. The van der Waals surface area contributed by atoms with Crippen molar-refractivity contribution in [3.05, 3.63) is 105 Å². The van der Waals surface area contributed by atoms with E-state index in [2.05, 4.69) is 0 Å². The molecule has 241 valence electrons. The van der Waals surface area contributed by atoms with Crippen LogP contribution in [0.3, 0.4) is 0 Å². The molecule has 0 bridgehead atoms. The molecule has 0 aromatic rings. The first kappa shape index (κ1) is 90.6. The Morgan fingerprint density at radius 3 is 0.571 bits per heavy atom. The number of unbranched alkanes of at least 4 members (excludes halogenated alkanes) is 3. The smallest absolute Gasteiger partial charge is 0.706 e. The molecular weight excluding hydrogens is 805 g/mol. The van der Waals surface area contributed by atoms with Gasteiger partial charge in [-0.25, -0.2) is 12.4 Å². The fourth-order valence-corrected chi connectivity index (χ4v) is 0.932. The third-order valence-corrected chi connectivity index (χ3v) is 2.42. The van der Waals surface area contributed by atoms with Crippen molar-refractivity contribution in [2.45, 2.75) is 38.5 Å². The molecule has 0 spiro atoms. The molecular formula is C21H52N14V7. The van der Waals surface area contributed by atoms with Crippen LogP contribution < -0.4 is 0 Å². The van der Waals surface area contributed by atoms with E-state index >= 15 is 0 Å². The Morgan fingerprint density at radius 2 is 0.476 bits per heavy atom. The SMILES string of the molecule is [NH-]C=C[NH-].[NH-]CC=CC[NH-].[NH-]CCCCC[NH-].[NH-]CCCC[NH-].[NH-]CCC[NH-].[NH-]CC[NH-].[NH-]C[NH-].[V+2].[V+2].[V+2].[V+2].[V+2].[V+2].[V+2]. The van der Waals surface area contributed by atoms with Gasteiger partial charge in [-0.15, -0.1) is 25.2 Å². The first-order valence-corrected chi connectivity index (χ1v) is 11.3. The second kappa shape index (κ2) is 142. The summed E-state index contributed by atoms with van der Waals surface area (Å²) in [4.78, 5) is 0. The molecule has 0 aliphatic carbocycles. The van der Waals surface area contributed by atoms with Crippen molar-refractivity contribution in [3.8, 4) is 0 Å². The molecule has 21 heteroatoms. The van der Waals surface area contributed by atoms with Gasteiger partial charge in [-0.2, -0.15) is 52.4 Å². The van der Waals surface area contributed by atoms with Crippen LogP contribution in [0.15, 0.2) is 24.6 Å². The molecule has 0 atom stereocenters. The van der Waals surface area contributed by atoms with Gasteiger partial charge in [0.05, 0.1) is 0 Å². The molecule has 0 aliphatic heterocycles. The molecule has 0 amide bonds. The minimum Gasteiger partial charge on any atom is -0.706 e. The van der Waals surface area contributed by atoms with Gasteiger partial charge in [0, 0.05) is 0 Å². The molecule has 7 radical (unpaired) electrons. The average Bonchev–Trinajstić information content (AvgIpc) is 2.89. The van der Waals surface area contributed by atoms with Crippen LogP contribution in [0.5, 0.6) is 0 Å². The molecule has 0 aromatic carbocycles. The molecule has 14 nitrogen and oxygen atoms in total. The summed E-state index contributed by atoms with van der Waals surface area (Å²) in [5.41, 5.74) is 89.2. The van der Waals surface area contributed by atoms with Crippen LogP contribution in [0, 0.1) is 0 Å². The van der Waals surface area contributed by atoms with Gasteiger partial charge < -0.3 is 80.3 Å². The number of hydrogen-bond acceptors (Lipinski definition) is 0. The Kier molecular flexibility index (Phi) is 306. The largest absolute Gasteiger partial charge is 2.00 e. The van der Waals surface area contributed by atoms with Crippen molar-refractivity contribution in [2.24, 2.45) is 0 Å². The fraction of sp³-hybridized carbons (Fsp3) is 0.810. The third-order valence-electron chi connectivity index (χ3n) is 2.42. The predicted molar refractivity (Wildman–Crippen MR) is 160 cm³/mol. The minimum atomic E-state index is -0.250. The maximum atomic E-state index is 6.72. The van der Waals surface area contributed by atoms with Gasteiger partial charge in [0.25, 0.3) is 0 Å². The zero-order chi connectivity index (χ0) is 28.8. The van der Waals surface area contributed by atoms with Crippen LogP contribution in [0.25, 0.3) is 80.3 Å². The van der Waals surface area contributed by atoms with Crippen LogP contribution in [-0.4, -0.2) is 72.1 Å². The van der Waals surface area contributed by atoms with Crippen LogP contribution in [0.2, 0.25) is 0 Å². The summed E-state index contributed by atoms with van der Waals surface area (Å²) >= 11 is 0. The summed E-state index contributed by atoms with van der Waals surface area (Å²) in [6, 6.07) is 0. The van der Waals surface area contributed by atoms with E-state index in [1.54, 1.807) is 12.2 Å². The van der Waals surface area contributed by atoms with Gasteiger partial charge in [0.15, 0.2) is 0 Å². The Morgan fingerprint density at radius 1 is 0.286 bits per heavy atom. The maximum Gasteiger partial charge on any atom is 2.00 e. The molecule has 0 unspecified atom stereocenters. The Labute approximate surface area is 342 Å². The molecule has 0 rings (SSSR count). The molecule has 42 heavy (non-hydrogen) atoms. The van der Waals surface area contributed by atoms with E-state index < -0.39 is 0 Å². The van der Waals surface area contributed by atoms with E-state index in [0.29, 0.717) is 52.4 Å². The van der Waals surface area contributed by atoms with Gasteiger partial charge in [-0.1, -0.05) is 38.5 Å². The van der Waals surface area contributed by atoms with Crippen molar-refractivity contribution in [1.29, 1.82) is 0 Å². The van der Waals surface area contributed by atoms with E-state index in [0.717, 1.165) is 50.9 Å². The van der Waals surface area contributed by atoms with E-state index in [9.17, 15) is 0 Å². The summed E-state index contributed by atoms with van der Waals surface area (Å²) in [6.07, 6.45) is 10.7. The van der Waals surface area contributed by atoms with Crippen LogP contribution >= 0.6 is 0 Å². The molecule has 0 aliphatic rings. The van der Waals surface area contributed by atoms with Crippen molar-refractivity contribution in [2.75, 3.05) is 72.1 Å². The zero-order valence-corrected chi connectivity index (χ0v) is 34.2. The first-order valence-electron chi connectivity index (χ1n) is 11.3. The quantitative estimate of drug-likeness (QED) is 0.130. The van der Waals surface area contributed by atoms with Crippen molar-refractivity contribution in [1.82, 2.24) is 0 Å². The van der Waals surface area contributed by atoms with Gasteiger partial charge in [-0.3, -0.25) is 6.67 Å². The maximum absolute atomic E-state index is 6.72. The second-order valence-electron chi connectivity index (χ2n) is 5.51. The van der Waals surface area contributed by atoms with Gasteiger partial charge >= 0.3 is 130 Å². The molecule has 0 aromatic heterocycles. The number of hydrogen-bond donors (Lipinski definition) is 0. The van der Waals surface area contributed by atoms with E-state index in [4.69, 9.17) is 80.3 Å². The Bertz CT molecular complexity index is 288. The Hall–Kier alpha value is 2.69. The van der Waals surface area contributed by atoms with Gasteiger partial charge in [0.1, 0.15) is 0 Å². The van der Waals surface area contributed by atoms with E-state index in [1.165, 1.54) is 0 Å². The zero-order valence-electron chi connectivity index (χ0n) is 24.5. The standard InChI is InChI=1S/C5H12N2.C4H10N2.C4H8N2.C3H8N2.C2H6N2.C2H4N2.CH4N2.7V/c6-4-2-1-3-5-7;2*5-3-1-2-4-6;4-2-1-3-5;2*3-1-2-4;2-1-3;;;;;;;/h6-7H,1-5H2;5-6H,1-4H2;1-2,5-6H,3-4H2;4-5H,1-3H2;3-4H,1-2H2;1-4H;2-3H,1H2;;;;;;;/q7*-2;7*+2. The van der Waals surface area contributed by atoms with E-state index in [-0.39, 0.29) is 150 Å². The van der Waals surface area contributed by atoms with Crippen LogP contribution in [0.4, 0.5) is 0 Å². The number of nitrogens with one attached hydrogen (secondary N) is 14. The van der Waals surface area contributed by atoms with Gasteiger partial charge in [-0.05, 0) is 0 Å². The molecule has 0 saturated carbocycles. The van der Waals surface area contributed by atoms with Gasteiger partial charge in [0.2, 0.25) is 0 Å². The topological polar surface area (TPSA) is 333 Å². The number of rotatable bonds is 12. The fourth-order valence-electron chi connectivity index (χ4n) is 0.932. The normalized spacial score (nSPS) is 7.33. The second-order valence-corrected chi connectivity index (χ2v) is 5.51. The molecule has 0 fully saturated rings. The minimum absolute atomic E-state index is 0. The summed E-state index contributed by atoms with van der Waals surface area (Å²) in [6.45, 7) is 3.67. The Balaban J connectivity index is -0.0000000179. The molecule has 14 N–H and O–H groups in total. The predicted octanol–water partition coefficient (Wildman–Crippen LogP) is 10.9. The summed E-state index contributed by atoms with van der Waals surface area (Å²) in [5.74, 6) is 0. The summed E-state index contributed by atoms with van der Waals surface area (Å²) < 4.78 is 0. The van der Waals surface area contributed by atoms with Crippen molar-refractivity contribution < 1.29 is 130 Å². The first-order chi connectivity index (χ1) is 16.9. The van der Waals surface area contributed by atoms with E-state index in [1.807, 2.05) is 0 Å². The third kappa shape index (κ3) is 266. The monoisotopic (exact) mass is 857 g/mol. The van der Waals surface area contributed by atoms with Crippen LogP contribution in [0.1, 0.15) is 38.5 Å². The van der Waals surface area contributed by atoms with Crippen molar-refractivity contribution in [3.63, 3.8) is 0 Å². The van der Waals surface area contributed by atoms with Crippen LogP contribution in [-0.2, 0) is 130 Å². The van der Waals surface area contributed by atoms with Crippen molar-refractivity contribution >= 4 is 0 Å².